The first-order valence-electron chi connectivity index (χ1n) is 7.20. The molecule has 2 rings (SSSR count). The van der Waals surface area contributed by atoms with Crippen LogP contribution in [0.3, 0.4) is 0 Å². The maximum Gasteiger partial charge on any atom is 0.261 e. The summed E-state index contributed by atoms with van der Waals surface area (Å²) in [5.74, 6) is 0.931. The van der Waals surface area contributed by atoms with Crippen LogP contribution in [0, 0.1) is 11.3 Å². The smallest absolute Gasteiger partial charge is 0.261 e. The summed E-state index contributed by atoms with van der Waals surface area (Å²) in [6.45, 7) is 2.05. The quantitative estimate of drug-likeness (QED) is 0.890. The van der Waals surface area contributed by atoms with Crippen molar-refractivity contribution in [2.45, 2.75) is 19.6 Å². The van der Waals surface area contributed by atoms with Gasteiger partial charge in [0.15, 0.2) is 6.10 Å². The molecule has 0 bridgehead atoms. The summed E-state index contributed by atoms with van der Waals surface area (Å²) in [6, 6.07) is 16.3. The van der Waals surface area contributed by atoms with Crippen LogP contribution in [0.25, 0.3) is 0 Å². The second-order valence-corrected chi connectivity index (χ2v) is 4.93. The lowest BCUT2D eigenvalue weighted by atomic mass is 10.2. The second kappa shape index (κ2) is 7.85. The Morgan fingerprint density at radius 2 is 1.91 bits per heavy atom. The fourth-order valence-electron chi connectivity index (χ4n) is 1.98. The molecular weight excluding hydrogens is 292 g/mol. The number of ether oxygens (including phenoxy) is 2. The van der Waals surface area contributed by atoms with Gasteiger partial charge in [0.25, 0.3) is 5.91 Å². The summed E-state index contributed by atoms with van der Waals surface area (Å²) < 4.78 is 10.7. The number of carbonyl (C=O) groups is 1. The average Bonchev–Trinajstić information content (AvgIpc) is 2.60. The Bertz CT molecular complexity index is 705. The van der Waals surface area contributed by atoms with Crippen molar-refractivity contribution in [2.75, 3.05) is 7.11 Å². The maximum atomic E-state index is 12.1. The van der Waals surface area contributed by atoms with E-state index in [1.807, 2.05) is 30.3 Å². The van der Waals surface area contributed by atoms with Crippen molar-refractivity contribution in [3.63, 3.8) is 0 Å². The molecule has 1 N–H and O–H groups in total. The Morgan fingerprint density at radius 1 is 1.22 bits per heavy atom. The molecule has 0 radical (unpaired) electrons. The van der Waals surface area contributed by atoms with Crippen molar-refractivity contribution in [3.05, 3.63) is 59.7 Å². The third-order valence-corrected chi connectivity index (χ3v) is 3.31. The topological polar surface area (TPSA) is 71.3 Å². The third-order valence-electron chi connectivity index (χ3n) is 3.31. The van der Waals surface area contributed by atoms with Crippen LogP contribution in [0.1, 0.15) is 18.1 Å². The van der Waals surface area contributed by atoms with Crippen molar-refractivity contribution < 1.29 is 14.3 Å². The first-order chi connectivity index (χ1) is 11.1. The standard InChI is InChI=1S/C18H18N2O3/c1-13(23-17-6-4-3-5-15(17)11-19)18(21)20-12-14-7-9-16(22-2)10-8-14/h3-10,13H,12H2,1-2H3,(H,20,21)/t13-/m1/s1. The minimum atomic E-state index is -0.692. The zero-order valence-corrected chi connectivity index (χ0v) is 13.1. The zero-order chi connectivity index (χ0) is 16.7. The van der Waals surface area contributed by atoms with E-state index < -0.39 is 6.10 Å². The van der Waals surface area contributed by atoms with E-state index in [0.717, 1.165) is 11.3 Å². The molecule has 0 spiro atoms. The number of para-hydroxylation sites is 1. The van der Waals surface area contributed by atoms with Gasteiger partial charge in [-0.15, -0.1) is 0 Å². The van der Waals surface area contributed by atoms with E-state index in [9.17, 15) is 4.79 Å². The monoisotopic (exact) mass is 310 g/mol. The highest BCUT2D eigenvalue weighted by atomic mass is 16.5. The summed E-state index contributed by atoms with van der Waals surface area (Å²) in [5.41, 5.74) is 1.37. The molecule has 5 heteroatoms. The average molecular weight is 310 g/mol. The Morgan fingerprint density at radius 3 is 2.57 bits per heavy atom. The molecule has 118 valence electrons. The molecule has 5 nitrogen and oxygen atoms in total. The van der Waals surface area contributed by atoms with Crippen LogP contribution in [0.5, 0.6) is 11.5 Å². The van der Waals surface area contributed by atoms with Crippen molar-refractivity contribution >= 4 is 5.91 Å². The fourth-order valence-corrected chi connectivity index (χ4v) is 1.98. The highest BCUT2D eigenvalue weighted by Crippen LogP contribution is 2.18. The summed E-state index contributed by atoms with van der Waals surface area (Å²) in [5, 5.41) is 11.8. The van der Waals surface area contributed by atoms with Crippen LogP contribution >= 0.6 is 0 Å². The lowest BCUT2D eigenvalue weighted by molar-refractivity contribution is -0.127. The van der Waals surface area contributed by atoms with Gasteiger partial charge in [-0.05, 0) is 36.8 Å². The predicted octanol–water partition coefficient (Wildman–Crippen LogP) is 2.65. The van der Waals surface area contributed by atoms with E-state index in [-0.39, 0.29) is 5.91 Å². The largest absolute Gasteiger partial charge is 0.497 e. The molecular formula is C18H18N2O3. The van der Waals surface area contributed by atoms with Crippen molar-refractivity contribution in [1.82, 2.24) is 5.32 Å². The van der Waals surface area contributed by atoms with Crippen LogP contribution in [0.15, 0.2) is 48.5 Å². The number of carbonyl (C=O) groups excluding carboxylic acids is 1. The number of methoxy groups -OCH3 is 1. The summed E-state index contributed by atoms with van der Waals surface area (Å²) >= 11 is 0. The highest BCUT2D eigenvalue weighted by Gasteiger charge is 2.15. The SMILES string of the molecule is COc1ccc(CNC(=O)[C@@H](C)Oc2ccccc2C#N)cc1. The Kier molecular flexibility index (Phi) is 5.59. The van der Waals surface area contributed by atoms with Gasteiger partial charge < -0.3 is 14.8 Å². The van der Waals surface area contributed by atoms with Crippen molar-refractivity contribution in [1.29, 1.82) is 5.26 Å². The number of amides is 1. The molecule has 1 atom stereocenters. The number of benzene rings is 2. The molecule has 0 aliphatic heterocycles. The molecule has 0 aliphatic rings. The van der Waals surface area contributed by atoms with E-state index in [4.69, 9.17) is 14.7 Å². The lowest BCUT2D eigenvalue weighted by Gasteiger charge is -2.15. The molecule has 0 fully saturated rings. The van der Waals surface area contributed by atoms with Gasteiger partial charge in [-0.25, -0.2) is 0 Å². The molecule has 0 saturated heterocycles. The van der Waals surface area contributed by atoms with Crippen LogP contribution in [0.4, 0.5) is 0 Å². The molecule has 0 heterocycles. The third kappa shape index (κ3) is 4.48. The molecule has 0 aliphatic carbocycles. The minimum Gasteiger partial charge on any atom is -0.497 e. The van der Waals surface area contributed by atoms with Gasteiger partial charge in [0.2, 0.25) is 0 Å². The molecule has 0 saturated carbocycles. The number of hydrogen-bond acceptors (Lipinski definition) is 4. The highest BCUT2D eigenvalue weighted by molar-refractivity contribution is 5.80. The number of rotatable bonds is 6. The Balaban J connectivity index is 1.91. The van der Waals surface area contributed by atoms with E-state index in [1.54, 1.807) is 38.3 Å². The van der Waals surface area contributed by atoms with Crippen molar-refractivity contribution in [2.24, 2.45) is 0 Å². The number of nitriles is 1. The van der Waals surface area contributed by atoms with E-state index >= 15 is 0 Å². The molecule has 2 aromatic rings. The van der Waals surface area contributed by atoms with Gasteiger partial charge in [0, 0.05) is 6.54 Å². The minimum absolute atomic E-state index is 0.242. The van der Waals surface area contributed by atoms with Gasteiger partial charge in [-0.1, -0.05) is 24.3 Å². The molecule has 23 heavy (non-hydrogen) atoms. The van der Waals surface area contributed by atoms with Crippen molar-refractivity contribution in [3.8, 4) is 17.6 Å². The van der Waals surface area contributed by atoms with E-state index in [2.05, 4.69) is 5.32 Å². The normalized spacial score (nSPS) is 11.2. The Labute approximate surface area is 135 Å². The number of nitrogens with zero attached hydrogens (tertiary/aromatic N) is 1. The first kappa shape index (κ1) is 16.4. The molecule has 1 amide bonds. The van der Waals surface area contributed by atoms with Gasteiger partial charge >= 0.3 is 0 Å². The molecule has 0 unspecified atom stereocenters. The van der Waals surface area contributed by atoms with Gasteiger partial charge in [0.05, 0.1) is 12.7 Å². The molecule has 0 aromatic heterocycles. The zero-order valence-electron chi connectivity index (χ0n) is 13.1. The van der Waals surface area contributed by atoms with Crippen LogP contribution in [-0.4, -0.2) is 19.1 Å². The van der Waals surface area contributed by atoms with Gasteiger partial charge in [-0.3, -0.25) is 4.79 Å². The number of nitrogens with one attached hydrogen (secondary N) is 1. The summed E-state index contributed by atoms with van der Waals surface area (Å²) in [4.78, 5) is 12.1. The van der Waals surface area contributed by atoms with Gasteiger partial charge in [0.1, 0.15) is 17.6 Å². The summed E-state index contributed by atoms with van der Waals surface area (Å²) in [7, 11) is 1.61. The van der Waals surface area contributed by atoms with Gasteiger partial charge in [-0.2, -0.15) is 5.26 Å². The predicted molar refractivity (Wildman–Crippen MR) is 86.1 cm³/mol. The fraction of sp³-hybridized carbons (Fsp3) is 0.222. The summed E-state index contributed by atoms with van der Waals surface area (Å²) in [6.07, 6.45) is -0.692. The lowest BCUT2D eigenvalue weighted by Crippen LogP contribution is -2.36. The molecule has 2 aromatic carbocycles. The Hall–Kier alpha value is -3.00. The van der Waals surface area contributed by atoms with Crippen LogP contribution in [0.2, 0.25) is 0 Å². The maximum absolute atomic E-state index is 12.1. The van der Waals surface area contributed by atoms with Crippen LogP contribution < -0.4 is 14.8 Å². The number of hydrogen-bond donors (Lipinski definition) is 1. The van der Waals surface area contributed by atoms with E-state index in [0.29, 0.717) is 17.9 Å². The van der Waals surface area contributed by atoms with Crippen LogP contribution in [-0.2, 0) is 11.3 Å². The first-order valence-corrected chi connectivity index (χ1v) is 7.20. The second-order valence-electron chi connectivity index (χ2n) is 4.93. The van der Waals surface area contributed by atoms with E-state index in [1.165, 1.54) is 0 Å².